The van der Waals surface area contributed by atoms with Gasteiger partial charge in [-0.2, -0.15) is 0 Å². The zero-order valence-electron chi connectivity index (χ0n) is 7.74. The summed E-state index contributed by atoms with van der Waals surface area (Å²) in [5.74, 6) is -0.986. The third kappa shape index (κ3) is 1.65. The number of hydrogen-bond donors (Lipinski definition) is 1. The molecular weight excluding hydrogens is 174 g/mol. The number of likely N-dealkylation sites (tertiary alicyclic amines) is 1. The first kappa shape index (κ1) is 9.98. The second kappa shape index (κ2) is 3.33. The van der Waals surface area contributed by atoms with Crippen LogP contribution in [0.2, 0.25) is 0 Å². The Morgan fingerprint density at radius 1 is 1.54 bits per heavy atom. The lowest BCUT2D eigenvalue weighted by molar-refractivity contribution is -0.170. The summed E-state index contributed by atoms with van der Waals surface area (Å²) in [6, 6.07) is 0. The van der Waals surface area contributed by atoms with E-state index in [0.29, 0.717) is 0 Å². The van der Waals surface area contributed by atoms with Gasteiger partial charge in [0.05, 0.1) is 6.61 Å². The van der Waals surface area contributed by atoms with Crippen molar-refractivity contribution < 1.29 is 19.4 Å². The van der Waals surface area contributed by atoms with Crippen molar-refractivity contribution in [3.05, 3.63) is 0 Å². The number of nitrogens with zero attached hydrogens (tertiary/aromatic N) is 1. The predicted octanol–water partition coefficient (Wildman–Crippen LogP) is -0.434. The minimum absolute atomic E-state index is 0.0898. The standard InChI is InChI=1S/C8H13NO4/c1-6(10)9-3-8(4-9,5-13-2)7(11)12/h3-5H2,1-2H3,(H,11,12). The first-order chi connectivity index (χ1) is 6.02. The highest BCUT2D eigenvalue weighted by molar-refractivity contribution is 5.82. The smallest absolute Gasteiger partial charge is 0.315 e. The van der Waals surface area contributed by atoms with E-state index in [2.05, 4.69) is 0 Å². The SMILES string of the molecule is COCC1(C(=O)O)CN(C(C)=O)C1. The van der Waals surface area contributed by atoms with E-state index in [4.69, 9.17) is 9.84 Å². The lowest BCUT2D eigenvalue weighted by Gasteiger charge is -2.46. The van der Waals surface area contributed by atoms with Crippen LogP contribution in [0.4, 0.5) is 0 Å². The molecule has 5 nitrogen and oxygen atoms in total. The summed E-state index contributed by atoms with van der Waals surface area (Å²) >= 11 is 0. The van der Waals surface area contributed by atoms with Crippen LogP contribution in [-0.4, -0.2) is 48.7 Å². The van der Waals surface area contributed by atoms with Crippen molar-refractivity contribution in [3.8, 4) is 0 Å². The van der Waals surface area contributed by atoms with E-state index in [1.54, 1.807) is 0 Å². The zero-order chi connectivity index (χ0) is 10.1. The number of rotatable bonds is 3. The maximum atomic E-state index is 10.8. The molecular formula is C8H13NO4. The van der Waals surface area contributed by atoms with E-state index < -0.39 is 11.4 Å². The van der Waals surface area contributed by atoms with E-state index in [9.17, 15) is 9.59 Å². The summed E-state index contributed by atoms with van der Waals surface area (Å²) in [6.45, 7) is 2.10. The fraction of sp³-hybridized carbons (Fsp3) is 0.750. The molecule has 0 saturated carbocycles. The predicted molar refractivity (Wildman–Crippen MR) is 44.2 cm³/mol. The van der Waals surface area contributed by atoms with E-state index in [0.717, 1.165) is 0 Å². The van der Waals surface area contributed by atoms with Crippen molar-refractivity contribution in [2.45, 2.75) is 6.92 Å². The van der Waals surface area contributed by atoms with Gasteiger partial charge in [-0.1, -0.05) is 0 Å². The van der Waals surface area contributed by atoms with Crippen LogP contribution in [0.1, 0.15) is 6.92 Å². The number of aliphatic carboxylic acids is 1. The highest BCUT2D eigenvalue weighted by atomic mass is 16.5. The van der Waals surface area contributed by atoms with Crippen molar-refractivity contribution >= 4 is 11.9 Å². The van der Waals surface area contributed by atoms with Gasteiger partial charge in [0.2, 0.25) is 5.91 Å². The Morgan fingerprint density at radius 2 is 2.08 bits per heavy atom. The molecule has 0 unspecified atom stereocenters. The van der Waals surface area contributed by atoms with E-state index in [-0.39, 0.29) is 25.6 Å². The van der Waals surface area contributed by atoms with Gasteiger partial charge in [-0.05, 0) is 0 Å². The highest BCUT2D eigenvalue weighted by Gasteiger charge is 2.50. The molecule has 74 valence electrons. The number of hydrogen-bond acceptors (Lipinski definition) is 3. The highest BCUT2D eigenvalue weighted by Crippen LogP contribution is 2.30. The van der Waals surface area contributed by atoms with Gasteiger partial charge in [-0.15, -0.1) is 0 Å². The molecule has 1 amide bonds. The quantitative estimate of drug-likeness (QED) is 0.650. The molecule has 0 aliphatic carbocycles. The molecule has 0 bridgehead atoms. The van der Waals surface area contributed by atoms with E-state index in [1.165, 1.54) is 18.9 Å². The molecule has 1 aliphatic heterocycles. The third-order valence-corrected chi connectivity index (χ3v) is 2.31. The van der Waals surface area contributed by atoms with Gasteiger partial charge in [0, 0.05) is 27.1 Å². The molecule has 13 heavy (non-hydrogen) atoms. The van der Waals surface area contributed by atoms with Crippen LogP contribution in [0.5, 0.6) is 0 Å². The zero-order valence-corrected chi connectivity index (χ0v) is 7.74. The molecule has 1 heterocycles. The molecule has 5 heteroatoms. The van der Waals surface area contributed by atoms with Gasteiger partial charge in [0.15, 0.2) is 0 Å². The number of methoxy groups -OCH3 is 1. The van der Waals surface area contributed by atoms with Gasteiger partial charge >= 0.3 is 5.97 Å². The Hall–Kier alpha value is -1.10. The molecule has 1 aliphatic rings. The Labute approximate surface area is 76.3 Å². The molecule has 0 atom stereocenters. The van der Waals surface area contributed by atoms with Crippen LogP contribution < -0.4 is 0 Å². The molecule has 1 fully saturated rings. The summed E-state index contributed by atoms with van der Waals surface area (Å²) < 4.78 is 4.82. The minimum atomic E-state index is -0.896. The molecule has 0 spiro atoms. The monoisotopic (exact) mass is 187 g/mol. The average molecular weight is 187 g/mol. The second-order valence-electron chi connectivity index (χ2n) is 3.39. The Morgan fingerprint density at radius 3 is 2.38 bits per heavy atom. The molecule has 1 N–H and O–H groups in total. The maximum absolute atomic E-state index is 10.8. The largest absolute Gasteiger partial charge is 0.481 e. The summed E-state index contributed by atoms with van der Waals surface area (Å²) in [4.78, 5) is 23.2. The number of carbonyl (C=O) groups excluding carboxylic acids is 1. The van der Waals surface area contributed by atoms with Crippen LogP contribution >= 0.6 is 0 Å². The molecule has 0 aromatic heterocycles. The fourth-order valence-electron chi connectivity index (χ4n) is 1.47. The van der Waals surface area contributed by atoms with Crippen molar-refractivity contribution in [2.24, 2.45) is 5.41 Å². The molecule has 1 rings (SSSR count). The number of carboxylic acids is 1. The van der Waals surface area contributed by atoms with Gasteiger partial charge in [-0.25, -0.2) is 0 Å². The number of ether oxygens (including phenoxy) is 1. The Bertz CT molecular complexity index is 232. The van der Waals surface area contributed by atoms with E-state index >= 15 is 0 Å². The van der Waals surface area contributed by atoms with E-state index in [1.807, 2.05) is 0 Å². The first-order valence-corrected chi connectivity index (χ1v) is 4.00. The van der Waals surface area contributed by atoms with Crippen LogP contribution in [0.15, 0.2) is 0 Å². The van der Waals surface area contributed by atoms with Gasteiger partial charge in [0.1, 0.15) is 5.41 Å². The van der Waals surface area contributed by atoms with Crippen LogP contribution in [0.3, 0.4) is 0 Å². The fourth-order valence-corrected chi connectivity index (χ4v) is 1.47. The Balaban J connectivity index is 2.58. The summed E-state index contributed by atoms with van der Waals surface area (Å²) in [6.07, 6.45) is 0. The van der Waals surface area contributed by atoms with Crippen LogP contribution in [0, 0.1) is 5.41 Å². The molecule has 0 aromatic carbocycles. The number of amides is 1. The lowest BCUT2D eigenvalue weighted by Crippen LogP contribution is -2.63. The Kier molecular flexibility index (Phi) is 2.56. The van der Waals surface area contributed by atoms with Crippen molar-refractivity contribution in [2.75, 3.05) is 26.8 Å². The molecule has 1 saturated heterocycles. The second-order valence-corrected chi connectivity index (χ2v) is 3.39. The van der Waals surface area contributed by atoms with Crippen molar-refractivity contribution in [3.63, 3.8) is 0 Å². The normalized spacial score (nSPS) is 19.4. The number of carbonyl (C=O) groups is 2. The van der Waals surface area contributed by atoms with Gasteiger partial charge in [0.25, 0.3) is 0 Å². The van der Waals surface area contributed by atoms with Gasteiger partial charge in [-0.3, -0.25) is 9.59 Å². The molecule has 0 radical (unpaired) electrons. The average Bonchev–Trinajstić information content (AvgIpc) is 1.94. The third-order valence-electron chi connectivity index (χ3n) is 2.31. The minimum Gasteiger partial charge on any atom is -0.481 e. The van der Waals surface area contributed by atoms with Crippen molar-refractivity contribution in [1.29, 1.82) is 0 Å². The van der Waals surface area contributed by atoms with Crippen LogP contribution in [0.25, 0.3) is 0 Å². The van der Waals surface area contributed by atoms with Crippen molar-refractivity contribution in [1.82, 2.24) is 4.90 Å². The summed E-state index contributed by atoms with van der Waals surface area (Å²) in [5, 5.41) is 8.90. The topological polar surface area (TPSA) is 66.8 Å². The van der Waals surface area contributed by atoms with Gasteiger partial charge < -0.3 is 14.7 Å². The number of carboxylic acid groups (broad SMARTS) is 1. The summed E-state index contributed by atoms with van der Waals surface area (Å²) in [7, 11) is 1.46. The maximum Gasteiger partial charge on any atom is 0.315 e. The molecule has 0 aromatic rings. The summed E-state index contributed by atoms with van der Waals surface area (Å²) in [5.41, 5.74) is -0.875. The first-order valence-electron chi connectivity index (χ1n) is 4.00. The lowest BCUT2D eigenvalue weighted by atomic mass is 9.80. The van der Waals surface area contributed by atoms with Crippen LogP contribution in [-0.2, 0) is 14.3 Å².